The van der Waals surface area contributed by atoms with E-state index in [0.29, 0.717) is 17.7 Å². The molecule has 0 radical (unpaired) electrons. The van der Waals surface area contributed by atoms with Gasteiger partial charge in [-0.2, -0.15) is 4.57 Å². The molecule has 0 N–H and O–H groups in total. The number of aromatic nitrogens is 9. The van der Waals surface area contributed by atoms with Crippen molar-refractivity contribution in [2.24, 2.45) is 28.2 Å². The molecule has 95 heavy (non-hydrogen) atoms. The van der Waals surface area contributed by atoms with Gasteiger partial charge in [0.15, 0.2) is 49.8 Å². The van der Waals surface area contributed by atoms with Crippen molar-refractivity contribution in [3.8, 4) is 74.2 Å². The van der Waals surface area contributed by atoms with Crippen LogP contribution in [0, 0.1) is 62.3 Å². The van der Waals surface area contributed by atoms with E-state index in [4.69, 9.17) is 28.2 Å². The third-order valence-electron chi connectivity index (χ3n) is 19.0. The van der Waals surface area contributed by atoms with Crippen molar-refractivity contribution in [3.05, 3.63) is 244 Å². The number of aryl methyl sites for hydroxylation is 13. The topological polar surface area (TPSA) is 105 Å². The summed E-state index contributed by atoms with van der Waals surface area (Å²) in [7, 11) is 8.51. The molecule has 12 heteroatoms. The van der Waals surface area contributed by atoms with Gasteiger partial charge in [0.1, 0.15) is 27.8 Å². The first-order valence-electron chi connectivity index (χ1n) is 32.6. The van der Waals surface area contributed by atoms with Crippen LogP contribution in [-0.2, 0) is 33.7 Å². The molecule has 0 aliphatic carbocycles. The molecule has 12 nitrogen and oxygen atoms in total. The number of para-hydroxylation sites is 7. The predicted molar refractivity (Wildman–Crippen MR) is 385 cm³/mol. The van der Waals surface area contributed by atoms with Gasteiger partial charge in [0.2, 0.25) is 17.7 Å². The van der Waals surface area contributed by atoms with E-state index >= 15 is 0 Å². The minimum Gasteiger partial charge on any atom is -0.436 e. The van der Waals surface area contributed by atoms with Gasteiger partial charge < -0.3 is 13.3 Å². The van der Waals surface area contributed by atoms with E-state index in [2.05, 4.69) is 333 Å². The maximum absolute atomic E-state index is 6.27. The van der Waals surface area contributed by atoms with Gasteiger partial charge in [0, 0.05) is 16.7 Å². The second kappa shape index (κ2) is 23.9. The predicted octanol–water partition coefficient (Wildman–Crippen LogP) is 18.9. The van der Waals surface area contributed by atoms with Gasteiger partial charge >= 0.3 is 0 Å². The Balaban J connectivity index is 0.000000123. The third-order valence-corrected chi connectivity index (χ3v) is 19.0. The fourth-order valence-corrected chi connectivity index (χ4v) is 14.3. The lowest BCUT2D eigenvalue weighted by molar-refractivity contribution is -0.634. The Morgan fingerprint density at radius 2 is 0.663 bits per heavy atom. The quantitative estimate of drug-likeness (QED) is 0.147. The maximum atomic E-state index is 6.27. The molecule has 10 aromatic carbocycles. The molecule has 0 fully saturated rings. The summed E-state index contributed by atoms with van der Waals surface area (Å²) in [5.41, 5.74) is 30.6. The van der Waals surface area contributed by atoms with Gasteiger partial charge in [-0.1, -0.05) is 109 Å². The number of hydrogen-bond donors (Lipinski definition) is 0. The molecule has 6 aromatic heterocycles. The highest BCUT2D eigenvalue weighted by Crippen LogP contribution is 2.39. The highest BCUT2D eigenvalue weighted by atomic mass is 16.4. The molecule has 16 rings (SSSR count). The fraction of sp³-hybridized carbons (Fsp3) is 0.205. The summed E-state index contributed by atoms with van der Waals surface area (Å²) >= 11 is 0. The highest BCUT2D eigenvalue weighted by molar-refractivity contribution is 5.89. The van der Waals surface area contributed by atoms with Crippen molar-refractivity contribution in [1.29, 1.82) is 0 Å². The number of rotatable bonds is 7. The minimum atomic E-state index is -0.0785. The molecule has 0 atom stereocenters. The Morgan fingerprint density at radius 1 is 0.337 bits per heavy atom. The Kier molecular flexibility index (Phi) is 15.4. The largest absolute Gasteiger partial charge is 0.436 e. The lowest BCUT2D eigenvalue weighted by Crippen LogP contribution is -2.33. The van der Waals surface area contributed by atoms with Gasteiger partial charge in [0.05, 0.1) is 44.9 Å². The van der Waals surface area contributed by atoms with Crippen molar-refractivity contribution in [2.45, 2.75) is 88.6 Å². The average molecular weight is 1250 g/mol. The molecule has 0 amide bonds. The number of hydrogen-bond acceptors (Lipinski definition) is 6. The van der Waals surface area contributed by atoms with Gasteiger partial charge in [-0.25, -0.2) is 37.8 Å². The molecule has 0 saturated carbocycles. The van der Waals surface area contributed by atoms with Crippen LogP contribution in [0.25, 0.3) is 141 Å². The van der Waals surface area contributed by atoms with Crippen LogP contribution >= 0.6 is 0 Å². The minimum absolute atomic E-state index is 0.0785. The summed E-state index contributed by atoms with van der Waals surface area (Å²) in [5, 5.41) is 0. The Hall–Kier alpha value is -11.0. The molecule has 472 valence electrons. The zero-order valence-electron chi connectivity index (χ0n) is 57.2. The van der Waals surface area contributed by atoms with Crippen molar-refractivity contribution in [3.63, 3.8) is 0 Å². The van der Waals surface area contributed by atoms with E-state index in [1.54, 1.807) is 0 Å². The molecule has 0 aliphatic heterocycles. The molecule has 0 saturated heterocycles. The Morgan fingerprint density at radius 3 is 1.07 bits per heavy atom. The summed E-state index contributed by atoms with van der Waals surface area (Å²) in [6, 6.07) is 67.8. The van der Waals surface area contributed by atoms with Crippen molar-refractivity contribution in [2.75, 3.05) is 0 Å². The number of fused-ring (bicyclic) bond motifs is 6. The SMILES string of the molecule is Cc1cc2oc(-c3c(C)cccc3C)nc2cc1-c1n(-c2ccccc2)c2ccccc2[n+]1C.Cc1cc2oc(-c3c(C)cccc3C)nc2cc1-c1n(C(C)(C)C)c2ccccc2[n+]1C.Cc1cc2oc(-c3c(C)cccc3C)nc2cc1-c1n(C)c2ccccc2[n+]1C. The second-order valence-electron chi connectivity index (χ2n) is 26.6. The fourth-order valence-electron chi connectivity index (χ4n) is 14.3. The van der Waals surface area contributed by atoms with Crippen LogP contribution in [0.3, 0.4) is 0 Å². The van der Waals surface area contributed by atoms with Crippen LogP contribution in [0.5, 0.6) is 0 Å². The summed E-state index contributed by atoms with van der Waals surface area (Å²) in [4.78, 5) is 14.7. The third kappa shape index (κ3) is 10.7. The standard InChI is InChI=1S/C30H26N3O.C28H30N3O.C25H24N3O/c1-19-11-10-12-20(2)28(19)29-31-24-18-23(21(3)17-27(24)34-29)30-32(4)25-15-8-9-16-26(25)33(30)22-13-6-5-7-14-22;1-17-11-10-12-18(2)25(17)26-29-21-16-20(19(3)15-24(21)32-26)27-30(7)22-13-8-9-14-23(22)31(27)28(4,5)6;1-15-9-8-10-16(2)23(15)24-26-19-14-18(17(3)13-22(19)29-24)25-27(4)20-11-6-7-12-21(20)28(25)5/h5-18H,1-4H3;8-16H,1-7H3;6-14H,1-5H3/q3*+1. The van der Waals surface area contributed by atoms with Gasteiger partial charge in [-0.05, 0) is 218 Å². The van der Waals surface area contributed by atoms with E-state index < -0.39 is 0 Å². The van der Waals surface area contributed by atoms with Crippen LogP contribution in [-0.4, -0.2) is 28.7 Å². The first-order chi connectivity index (χ1) is 45.6. The smallest absolute Gasteiger partial charge is 0.295 e. The molecule has 0 aliphatic rings. The molecular formula is C83H80N9O3+3. The molecule has 0 spiro atoms. The van der Waals surface area contributed by atoms with Crippen molar-refractivity contribution in [1.82, 2.24) is 28.7 Å². The normalized spacial score (nSPS) is 11.8. The number of benzene rings is 10. The first kappa shape index (κ1) is 61.5. The highest BCUT2D eigenvalue weighted by Gasteiger charge is 2.34. The number of imidazole rings is 3. The van der Waals surface area contributed by atoms with Crippen LogP contribution in [0.4, 0.5) is 0 Å². The van der Waals surface area contributed by atoms with E-state index in [1.165, 1.54) is 94.6 Å². The monoisotopic (exact) mass is 1250 g/mol. The van der Waals surface area contributed by atoms with E-state index in [-0.39, 0.29) is 5.54 Å². The summed E-state index contributed by atoms with van der Waals surface area (Å²) < 4.78 is 32.5. The van der Waals surface area contributed by atoms with E-state index in [0.717, 1.165) is 78.5 Å². The van der Waals surface area contributed by atoms with E-state index in [9.17, 15) is 0 Å². The lowest BCUT2D eigenvalue weighted by atomic mass is 10.0. The van der Waals surface area contributed by atoms with Gasteiger partial charge in [-0.15, -0.1) is 0 Å². The first-order valence-corrected chi connectivity index (χ1v) is 32.6. The zero-order chi connectivity index (χ0) is 66.5. The molecule has 0 bridgehead atoms. The van der Waals surface area contributed by atoms with Crippen LogP contribution < -0.4 is 13.7 Å². The van der Waals surface area contributed by atoms with Gasteiger partial charge in [0.25, 0.3) is 17.5 Å². The van der Waals surface area contributed by atoms with E-state index in [1.807, 2.05) is 0 Å². The molecule has 16 aromatic rings. The molecule has 6 heterocycles. The summed E-state index contributed by atoms with van der Waals surface area (Å²) in [5.74, 6) is 5.50. The summed E-state index contributed by atoms with van der Waals surface area (Å²) in [6.45, 7) is 25.8. The van der Waals surface area contributed by atoms with Crippen LogP contribution in [0.2, 0.25) is 0 Å². The Bertz CT molecular complexity index is 5600. The summed E-state index contributed by atoms with van der Waals surface area (Å²) in [6.07, 6.45) is 0. The average Bonchev–Trinajstić information content (AvgIpc) is 1.59. The zero-order valence-corrected chi connectivity index (χ0v) is 57.2. The number of nitrogens with zero attached hydrogens (tertiary/aromatic N) is 9. The Labute approximate surface area is 554 Å². The van der Waals surface area contributed by atoms with Gasteiger partial charge in [-0.3, -0.25) is 0 Å². The van der Waals surface area contributed by atoms with Crippen LogP contribution in [0.1, 0.15) is 70.8 Å². The molecular weight excluding hydrogens is 1170 g/mol. The lowest BCUT2D eigenvalue weighted by Gasteiger charge is -2.18. The van der Waals surface area contributed by atoms with Crippen LogP contribution in [0.15, 0.2) is 207 Å². The van der Waals surface area contributed by atoms with Crippen molar-refractivity contribution >= 4 is 66.4 Å². The second-order valence-corrected chi connectivity index (χ2v) is 26.6. The maximum Gasteiger partial charge on any atom is 0.295 e. The molecule has 0 unspecified atom stereocenters. The number of oxazole rings is 3. The van der Waals surface area contributed by atoms with Crippen molar-refractivity contribution < 1.29 is 27.0 Å².